The molecule has 2 heterocycles. The van der Waals surface area contributed by atoms with Gasteiger partial charge in [-0.15, -0.1) is 0 Å². The van der Waals surface area contributed by atoms with E-state index in [2.05, 4.69) is 11.0 Å². The quantitative estimate of drug-likeness (QED) is 0.578. The summed E-state index contributed by atoms with van der Waals surface area (Å²) in [7, 11) is 0. The van der Waals surface area contributed by atoms with Crippen molar-refractivity contribution in [1.82, 2.24) is 9.80 Å². The summed E-state index contributed by atoms with van der Waals surface area (Å²) in [6, 6.07) is 11.8. The molecule has 2 saturated heterocycles. The Bertz CT molecular complexity index is 1150. The third-order valence-electron chi connectivity index (χ3n) is 7.10. The predicted octanol–water partition coefficient (Wildman–Crippen LogP) is 4.80. The van der Waals surface area contributed by atoms with Crippen LogP contribution >= 0.6 is 0 Å². The van der Waals surface area contributed by atoms with Crippen molar-refractivity contribution >= 4 is 5.91 Å². The number of aliphatic hydroxyl groups is 1. The van der Waals surface area contributed by atoms with Crippen molar-refractivity contribution < 1.29 is 23.4 Å². The maximum Gasteiger partial charge on any atom is 0.256 e. The first-order chi connectivity index (χ1) is 17.6. The summed E-state index contributed by atoms with van der Waals surface area (Å²) < 4.78 is 34.8. The van der Waals surface area contributed by atoms with Gasteiger partial charge < -0.3 is 19.6 Å². The molecule has 0 aliphatic carbocycles. The number of nitrogens with zero attached hydrogens (tertiary/aromatic N) is 3. The van der Waals surface area contributed by atoms with E-state index in [1.807, 2.05) is 0 Å². The Kier molecular flexibility index (Phi) is 8.46. The predicted molar refractivity (Wildman–Crippen MR) is 138 cm³/mol. The highest BCUT2D eigenvalue weighted by Gasteiger charge is 2.27. The number of hydrogen-bond donors (Lipinski definition) is 1. The molecule has 0 saturated carbocycles. The van der Waals surface area contributed by atoms with Crippen molar-refractivity contribution in [2.75, 3.05) is 39.3 Å². The lowest BCUT2D eigenvalue weighted by Gasteiger charge is -2.34. The van der Waals surface area contributed by atoms with Crippen LogP contribution in [0.25, 0.3) is 11.1 Å². The second-order valence-electron chi connectivity index (χ2n) is 10.8. The molecule has 2 aromatic rings. The summed E-state index contributed by atoms with van der Waals surface area (Å²) >= 11 is 0. The summed E-state index contributed by atoms with van der Waals surface area (Å²) in [5.74, 6) is -0.243. The fourth-order valence-electron chi connectivity index (χ4n) is 5.15. The summed E-state index contributed by atoms with van der Waals surface area (Å²) in [4.78, 5) is 16.4. The van der Waals surface area contributed by atoms with Crippen LogP contribution in [0, 0.1) is 23.1 Å². The molecule has 2 aliphatic rings. The van der Waals surface area contributed by atoms with Crippen LogP contribution in [0.15, 0.2) is 36.4 Å². The van der Waals surface area contributed by atoms with Crippen LogP contribution in [0.4, 0.5) is 8.78 Å². The number of aliphatic hydroxyl groups excluding tert-OH is 1. The summed E-state index contributed by atoms with van der Waals surface area (Å²) in [5.41, 5.74) is 0.329. The Morgan fingerprint density at radius 3 is 2.49 bits per heavy atom. The maximum atomic E-state index is 14.9. The van der Waals surface area contributed by atoms with Crippen LogP contribution < -0.4 is 4.74 Å². The molecule has 0 aromatic heterocycles. The van der Waals surface area contributed by atoms with Crippen LogP contribution in [-0.2, 0) is 0 Å². The Morgan fingerprint density at radius 1 is 1.14 bits per heavy atom. The highest BCUT2D eigenvalue weighted by molar-refractivity contribution is 5.95. The van der Waals surface area contributed by atoms with Gasteiger partial charge in [-0.25, -0.2) is 8.78 Å². The van der Waals surface area contributed by atoms with Crippen LogP contribution in [0.5, 0.6) is 5.75 Å². The Hall–Kier alpha value is -3.02. The normalized spacial score (nSPS) is 19.5. The molecule has 2 fully saturated rings. The minimum Gasteiger partial charge on any atom is -0.492 e. The standard InChI is InChI=1S/C29H35F2N3O3/c1-29(2,31)19-33-12-9-20(10-13-33)18-37-27-8-6-21(14-23(27)16-32)22-5-7-25(26(30)15-22)28(36)34-11-3-4-24(35)17-34/h5-8,14-15,20,24,35H,3-4,9-13,17-19H2,1-2H3/t24-/m0/s1. The average molecular weight is 512 g/mol. The molecule has 2 aliphatic heterocycles. The lowest BCUT2D eigenvalue weighted by atomic mass is 9.96. The Labute approximate surface area is 217 Å². The van der Waals surface area contributed by atoms with Crippen molar-refractivity contribution in [3.05, 3.63) is 53.3 Å². The fraction of sp³-hybridized carbons (Fsp3) is 0.517. The van der Waals surface area contributed by atoms with E-state index in [1.54, 1.807) is 38.1 Å². The molecular formula is C29H35F2N3O3. The van der Waals surface area contributed by atoms with Gasteiger partial charge in [-0.3, -0.25) is 4.79 Å². The molecule has 4 rings (SSSR count). The largest absolute Gasteiger partial charge is 0.492 e. The molecule has 0 radical (unpaired) electrons. The molecule has 1 N–H and O–H groups in total. The van der Waals surface area contributed by atoms with E-state index in [1.165, 1.54) is 17.0 Å². The molecule has 198 valence electrons. The fourth-order valence-corrected chi connectivity index (χ4v) is 5.15. The number of carbonyl (C=O) groups excluding carboxylic acids is 1. The van der Waals surface area contributed by atoms with Crippen molar-refractivity contribution in [3.8, 4) is 22.9 Å². The number of ether oxygens (including phenoxy) is 1. The van der Waals surface area contributed by atoms with E-state index in [0.29, 0.717) is 60.9 Å². The monoisotopic (exact) mass is 511 g/mol. The topological polar surface area (TPSA) is 76.8 Å². The van der Waals surface area contributed by atoms with Gasteiger partial charge in [0.15, 0.2) is 0 Å². The van der Waals surface area contributed by atoms with E-state index in [4.69, 9.17) is 4.74 Å². The second-order valence-corrected chi connectivity index (χ2v) is 10.8. The zero-order valence-corrected chi connectivity index (χ0v) is 21.6. The number of nitriles is 1. The lowest BCUT2D eigenvalue weighted by molar-refractivity contribution is 0.0470. The van der Waals surface area contributed by atoms with Crippen molar-refractivity contribution in [1.29, 1.82) is 5.26 Å². The van der Waals surface area contributed by atoms with Crippen LogP contribution in [0.1, 0.15) is 55.5 Å². The van der Waals surface area contributed by atoms with Crippen LogP contribution in [-0.4, -0.2) is 71.9 Å². The number of amides is 1. The minimum absolute atomic E-state index is 0.0283. The number of benzene rings is 2. The van der Waals surface area contributed by atoms with Crippen molar-refractivity contribution in [2.45, 2.75) is 51.3 Å². The molecule has 1 atom stereocenters. The van der Waals surface area contributed by atoms with Crippen LogP contribution in [0.2, 0.25) is 0 Å². The molecule has 37 heavy (non-hydrogen) atoms. The molecule has 0 bridgehead atoms. The maximum absolute atomic E-state index is 14.9. The minimum atomic E-state index is -1.21. The van der Waals surface area contributed by atoms with Gasteiger partial charge in [-0.2, -0.15) is 5.26 Å². The highest BCUT2D eigenvalue weighted by Crippen LogP contribution is 2.29. The number of likely N-dealkylation sites (tertiary alicyclic amines) is 2. The first-order valence-corrected chi connectivity index (χ1v) is 13.0. The first kappa shape index (κ1) is 27.0. The van der Waals surface area contributed by atoms with E-state index >= 15 is 0 Å². The molecule has 0 spiro atoms. The van der Waals surface area contributed by atoms with Gasteiger partial charge in [0.25, 0.3) is 5.91 Å². The molecule has 6 nitrogen and oxygen atoms in total. The first-order valence-electron chi connectivity index (χ1n) is 13.0. The number of alkyl halides is 1. The molecule has 2 aromatic carbocycles. The number of carbonyl (C=O) groups is 1. The molecular weight excluding hydrogens is 476 g/mol. The number of halogens is 2. The van der Waals surface area contributed by atoms with Gasteiger partial charge in [-0.05, 0) is 93.9 Å². The number of piperidine rings is 2. The lowest BCUT2D eigenvalue weighted by Crippen LogP contribution is -2.42. The summed E-state index contributed by atoms with van der Waals surface area (Å²) in [5, 5.41) is 19.5. The third kappa shape index (κ3) is 7.06. The van der Waals surface area contributed by atoms with E-state index in [9.17, 15) is 23.9 Å². The van der Waals surface area contributed by atoms with E-state index in [-0.39, 0.29) is 12.1 Å². The van der Waals surface area contributed by atoms with Gasteiger partial charge >= 0.3 is 0 Å². The number of hydrogen-bond acceptors (Lipinski definition) is 5. The van der Waals surface area contributed by atoms with E-state index < -0.39 is 23.5 Å². The number of rotatable bonds is 7. The van der Waals surface area contributed by atoms with Gasteiger partial charge in [0.2, 0.25) is 0 Å². The second kappa shape index (κ2) is 11.6. The zero-order valence-electron chi connectivity index (χ0n) is 21.6. The SMILES string of the molecule is CC(C)(F)CN1CCC(COc2ccc(-c3ccc(C(=O)N4CCC[C@H](O)C4)c(F)c3)cc2C#N)CC1. The Morgan fingerprint density at radius 2 is 1.84 bits per heavy atom. The highest BCUT2D eigenvalue weighted by atomic mass is 19.1. The van der Waals surface area contributed by atoms with Gasteiger partial charge in [0.05, 0.1) is 23.8 Å². The molecule has 1 amide bonds. The average Bonchev–Trinajstić information content (AvgIpc) is 2.87. The molecule has 8 heteroatoms. The van der Waals surface area contributed by atoms with E-state index in [0.717, 1.165) is 25.9 Å². The van der Waals surface area contributed by atoms with Crippen LogP contribution in [0.3, 0.4) is 0 Å². The smallest absolute Gasteiger partial charge is 0.256 e. The zero-order chi connectivity index (χ0) is 26.6. The van der Waals surface area contributed by atoms with Crippen molar-refractivity contribution in [3.63, 3.8) is 0 Å². The van der Waals surface area contributed by atoms with Gasteiger partial charge in [0, 0.05) is 19.6 Å². The molecule has 0 unspecified atom stereocenters. The Balaban J connectivity index is 1.38. The van der Waals surface area contributed by atoms with Gasteiger partial charge in [-0.1, -0.05) is 12.1 Å². The number of β-amino-alcohol motifs (C(OH)–C–C–N with tert-alkyl or cyclic N) is 1. The summed E-state index contributed by atoms with van der Waals surface area (Å²) in [6.07, 6.45) is 2.58. The summed E-state index contributed by atoms with van der Waals surface area (Å²) in [6.45, 7) is 6.47. The third-order valence-corrected chi connectivity index (χ3v) is 7.10. The van der Waals surface area contributed by atoms with Gasteiger partial charge in [0.1, 0.15) is 23.3 Å². The van der Waals surface area contributed by atoms with Crippen molar-refractivity contribution in [2.24, 2.45) is 5.92 Å².